The van der Waals surface area contributed by atoms with E-state index in [4.69, 9.17) is 4.74 Å². The number of ether oxygens (including phenoxy) is 1. The summed E-state index contributed by atoms with van der Waals surface area (Å²) in [6.07, 6.45) is -4.61. The number of halogens is 3. The Morgan fingerprint density at radius 3 is 2.44 bits per heavy atom. The highest BCUT2D eigenvalue weighted by Crippen LogP contribution is 2.43. The van der Waals surface area contributed by atoms with Crippen LogP contribution in [0.4, 0.5) is 24.8 Å². The molecule has 39 heavy (non-hydrogen) atoms. The van der Waals surface area contributed by atoms with Gasteiger partial charge >= 0.3 is 17.8 Å². The van der Waals surface area contributed by atoms with E-state index in [0.717, 1.165) is 12.1 Å². The summed E-state index contributed by atoms with van der Waals surface area (Å²) in [6.45, 7) is 3.66. The van der Waals surface area contributed by atoms with E-state index >= 15 is 0 Å². The number of carbonyl (C=O) groups excluding carboxylic acids is 1. The Balaban J connectivity index is 2.04. The molecule has 0 radical (unpaired) electrons. The number of rotatable bonds is 6. The molecule has 0 saturated carbocycles. The molecule has 3 aromatic rings. The van der Waals surface area contributed by atoms with Gasteiger partial charge in [0.15, 0.2) is 0 Å². The normalized spacial score (nSPS) is 16.2. The number of methoxy groups -OCH3 is 1. The molecule has 0 bridgehead atoms. The lowest BCUT2D eigenvalue weighted by Gasteiger charge is -2.35. The Bertz CT molecular complexity index is 1530. The average molecular weight is 541 g/mol. The largest absolute Gasteiger partial charge is 0.466 e. The van der Waals surface area contributed by atoms with E-state index < -0.39 is 29.4 Å². The quantitative estimate of drug-likeness (QED) is 0.435. The van der Waals surface area contributed by atoms with Gasteiger partial charge in [0.25, 0.3) is 0 Å². The Kier molecular flexibility index (Phi) is 7.39. The summed E-state index contributed by atoms with van der Waals surface area (Å²) in [6, 6.07) is 11.9. The van der Waals surface area contributed by atoms with E-state index in [-0.39, 0.29) is 35.5 Å². The van der Waals surface area contributed by atoms with Crippen molar-refractivity contribution in [3.63, 3.8) is 0 Å². The summed E-state index contributed by atoms with van der Waals surface area (Å²) in [4.78, 5) is 30.3. The maximum atomic E-state index is 13.9. The van der Waals surface area contributed by atoms with Crippen LogP contribution in [-0.4, -0.2) is 52.5 Å². The van der Waals surface area contributed by atoms with Gasteiger partial charge in [-0.1, -0.05) is 18.2 Å². The second kappa shape index (κ2) is 10.4. The fourth-order valence-electron chi connectivity index (χ4n) is 4.47. The van der Waals surface area contributed by atoms with Crippen molar-refractivity contribution < 1.29 is 22.7 Å². The van der Waals surface area contributed by atoms with Crippen molar-refractivity contribution in [2.75, 3.05) is 26.1 Å². The highest BCUT2D eigenvalue weighted by Gasteiger charge is 2.41. The van der Waals surface area contributed by atoms with Gasteiger partial charge in [0.2, 0.25) is 5.95 Å². The predicted octanol–water partition coefficient (Wildman–Crippen LogP) is 4.07. The number of hydrogen-bond acceptors (Lipinski definition) is 7. The number of nitrogens with zero attached hydrogens (tertiary/aromatic N) is 6. The van der Waals surface area contributed by atoms with Crippen LogP contribution in [0.3, 0.4) is 0 Å². The lowest BCUT2D eigenvalue weighted by molar-refractivity contribution is -0.138. The molecule has 4 rings (SSSR count). The van der Waals surface area contributed by atoms with E-state index in [0.29, 0.717) is 11.1 Å². The van der Waals surface area contributed by atoms with E-state index in [2.05, 4.69) is 5.10 Å². The number of allylic oxidation sites excluding steroid dienone is 1. The first kappa shape index (κ1) is 27.7. The summed E-state index contributed by atoms with van der Waals surface area (Å²) in [5, 5.41) is 13.8. The maximum Gasteiger partial charge on any atom is 0.416 e. The fourth-order valence-corrected chi connectivity index (χ4v) is 4.47. The number of fused-ring (bicyclic) bond motifs is 1. The van der Waals surface area contributed by atoms with Crippen molar-refractivity contribution in [2.24, 2.45) is 0 Å². The number of carbonyl (C=O) groups is 1. The smallest absolute Gasteiger partial charge is 0.416 e. The molecule has 12 heteroatoms. The number of hydrogen-bond donors (Lipinski definition) is 0. The number of likely N-dealkylation sites (N-methyl/N-ethyl adjacent to an activating group) is 1. The standard InChI is InChI=1S/C27H27F3N6O3/c1-16(33(3)4)15-34-26(38)36-23(19-11-9-18(14-31)10-12-19)22(24(37)39-5)17(2)35(25(36)32-34)21-8-6-7-20(13-21)27(28,29)30/h6-13,16,23H,15H2,1-5H3. The molecular formula is C27H27F3N6O3. The minimum Gasteiger partial charge on any atom is -0.466 e. The van der Waals surface area contributed by atoms with Crippen molar-refractivity contribution >= 4 is 17.6 Å². The first-order chi connectivity index (χ1) is 18.4. The van der Waals surface area contributed by atoms with E-state index in [1.165, 1.54) is 33.4 Å². The highest BCUT2D eigenvalue weighted by atomic mass is 19.4. The highest BCUT2D eigenvalue weighted by molar-refractivity contribution is 5.93. The van der Waals surface area contributed by atoms with Crippen molar-refractivity contribution in [1.82, 2.24) is 19.2 Å². The zero-order valence-electron chi connectivity index (χ0n) is 22.0. The van der Waals surface area contributed by atoms with Crippen LogP contribution in [0.25, 0.3) is 0 Å². The minimum atomic E-state index is -4.61. The van der Waals surface area contributed by atoms with Gasteiger partial charge in [-0.2, -0.15) is 18.4 Å². The van der Waals surface area contributed by atoms with Crippen LogP contribution < -0.4 is 10.6 Å². The molecular weight excluding hydrogens is 513 g/mol. The molecule has 2 aromatic carbocycles. The molecule has 0 fully saturated rings. The molecule has 0 N–H and O–H groups in total. The lowest BCUT2D eigenvalue weighted by atomic mass is 9.93. The monoisotopic (exact) mass is 540 g/mol. The third-order valence-electron chi connectivity index (χ3n) is 6.82. The van der Waals surface area contributed by atoms with Gasteiger partial charge in [-0.05, 0) is 63.8 Å². The molecule has 1 aliphatic heterocycles. The van der Waals surface area contributed by atoms with Gasteiger partial charge in [0.1, 0.15) is 6.04 Å². The Morgan fingerprint density at radius 2 is 1.87 bits per heavy atom. The van der Waals surface area contributed by atoms with Crippen molar-refractivity contribution in [3.05, 3.63) is 87.0 Å². The molecule has 2 unspecified atom stereocenters. The molecule has 0 amide bonds. The average Bonchev–Trinajstić information content (AvgIpc) is 3.21. The van der Waals surface area contributed by atoms with E-state index in [1.807, 2.05) is 32.0 Å². The number of anilines is 2. The van der Waals surface area contributed by atoms with E-state index in [1.54, 1.807) is 31.2 Å². The van der Waals surface area contributed by atoms with E-state index in [9.17, 15) is 28.0 Å². The minimum absolute atomic E-state index is 0.0461. The lowest BCUT2D eigenvalue weighted by Crippen LogP contribution is -2.39. The number of nitriles is 1. The maximum absolute atomic E-state index is 13.9. The van der Waals surface area contributed by atoms with Gasteiger partial charge in [0, 0.05) is 17.4 Å². The molecule has 0 aliphatic carbocycles. The zero-order chi connectivity index (χ0) is 28.6. The van der Waals surface area contributed by atoms with Crippen LogP contribution in [0, 0.1) is 11.3 Å². The van der Waals surface area contributed by atoms with Gasteiger partial charge in [-0.3, -0.25) is 4.90 Å². The van der Waals surface area contributed by atoms with Crippen LogP contribution in [0.15, 0.2) is 64.6 Å². The second-order valence-corrected chi connectivity index (χ2v) is 9.46. The van der Waals surface area contributed by atoms with Gasteiger partial charge in [-0.25, -0.2) is 18.8 Å². The van der Waals surface area contributed by atoms with Gasteiger partial charge < -0.3 is 9.64 Å². The van der Waals surface area contributed by atoms with Gasteiger partial charge in [-0.15, -0.1) is 5.10 Å². The molecule has 2 atom stereocenters. The summed E-state index contributed by atoms with van der Waals surface area (Å²) in [5.41, 5.74) is -0.198. The summed E-state index contributed by atoms with van der Waals surface area (Å²) < 4.78 is 48.4. The molecule has 204 valence electrons. The molecule has 0 spiro atoms. The fraction of sp³-hybridized carbons (Fsp3) is 0.333. The van der Waals surface area contributed by atoms with Crippen LogP contribution in [0.2, 0.25) is 0 Å². The Hall–Kier alpha value is -4.37. The second-order valence-electron chi connectivity index (χ2n) is 9.46. The predicted molar refractivity (Wildman–Crippen MR) is 137 cm³/mol. The third-order valence-corrected chi connectivity index (χ3v) is 6.82. The number of benzene rings is 2. The first-order valence-electron chi connectivity index (χ1n) is 12.0. The van der Waals surface area contributed by atoms with Crippen molar-refractivity contribution in [3.8, 4) is 6.07 Å². The number of esters is 1. The molecule has 1 aromatic heterocycles. The summed E-state index contributed by atoms with van der Waals surface area (Å²) >= 11 is 0. The van der Waals surface area contributed by atoms with Crippen LogP contribution in [0.1, 0.15) is 36.6 Å². The molecule has 9 nitrogen and oxygen atoms in total. The number of aromatic nitrogens is 3. The topological polar surface area (TPSA) is 96.4 Å². The van der Waals surface area contributed by atoms with Crippen molar-refractivity contribution in [1.29, 1.82) is 5.26 Å². The first-order valence-corrected chi connectivity index (χ1v) is 12.0. The molecule has 2 heterocycles. The SMILES string of the molecule is COC(=O)C1=C(C)N(c2cccc(C(F)(F)F)c2)c2nn(CC(C)N(C)C)c(=O)n2C1c1ccc(C#N)cc1. The molecule has 0 saturated heterocycles. The Morgan fingerprint density at radius 1 is 1.21 bits per heavy atom. The van der Waals surface area contributed by atoms with Crippen molar-refractivity contribution in [2.45, 2.75) is 38.7 Å². The third kappa shape index (κ3) is 5.05. The summed E-state index contributed by atoms with van der Waals surface area (Å²) in [5.74, 6) is -0.712. The van der Waals surface area contributed by atoms with Crippen LogP contribution >= 0.6 is 0 Å². The zero-order valence-corrected chi connectivity index (χ0v) is 22.0. The van der Waals surface area contributed by atoms with Gasteiger partial charge in [0.05, 0.1) is 36.4 Å². The van der Waals surface area contributed by atoms with Crippen LogP contribution in [-0.2, 0) is 22.3 Å². The number of alkyl halides is 3. The summed E-state index contributed by atoms with van der Waals surface area (Å²) in [7, 11) is 4.88. The molecule has 1 aliphatic rings. The Labute approximate surface area is 222 Å². The van der Waals surface area contributed by atoms with Crippen LogP contribution in [0.5, 0.6) is 0 Å².